The number of carbonyl (C=O) groups is 1. The number of hydrogen-bond acceptors (Lipinski definition) is 7. The number of fused-ring (bicyclic) bond motifs is 1. The maximum Gasteiger partial charge on any atom is 0.344 e. The van der Waals surface area contributed by atoms with Gasteiger partial charge in [0.1, 0.15) is 23.1 Å². The number of halogens is 1. The van der Waals surface area contributed by atoms with Crippen LogP contribution in [0.15, 0.2) is 41.2 Å². The molecule has 2 aromatic heterocycles. The van der Waals surface area contributed by atoms with Gasteiger partial charge in [-0.3, -0.25) is 4.79 Å². The van der Waals surface area contributed by atoms with Gasteiger partial charge < -0.3 is 19.6 Å². The van der Waals surface area contributed by atoms with Gasteiger partial charge in [-0.2, -0.15) is 0 Å². The van der Waals surface area contributed by atoms with E-state index in [0.717, 1.165) is 6.07 Å². The van der Waals surface area contributed by atoms with Gasteiger partial charge in [-0.15, -0.1) is 5.10 Å². The summed E-state index contributed by atoms with van der Waals surface area (Å²) in [5.41, 5.74) is 1.43. The van der Waals surface area contributed by atoms with Crippen molar-refractivity contribution in [3.63, 3.8) is 0 Å². The molecule has 2 aromatic carbocycles. The minimum atomic E-state index is -1.16. The molecule has 11 heteroatoms. The molecule has 0 amide bonds. The van der Waals surface area contributed by atoms with Gasteiger partial charge in [-0.05, 0) is 49.2 Å². The molecule has 4 aromatic rings. The molecule has 0 saturated carbocycles. The van der Waals surface area contributed by atoms with Gasteiger partial charge in [0.15, 0.2) is 17.3 Å². The van der Waals surface area contributed by atoms with E-state index in [1.165, 1.54) is 19.1 Å². The number of aromatic amines is 2. The molecule has 0 bridgehead atoms. The summed E-state index contributed by atoms with van der Waals surface area (Å²) in [6.07, 6.45) is -1.14. The van der Waals surface area contributed by atoms with Crippen LogP contribution < -0.4 is 15.0 Å². The number of ether oxygens (including phenoxy) is 2. The predicted molar refractivity (Wildman–Crippen MR) is 112 cm³/mol. The summed E-state index contributed by atoms with van der Waals surface area (Å²) in [4.78, 5) is 30.3. The summed E-state index contributed by atoms with van der Waals surface area (Å²) in [6, 6.07) is 9.00. The normalized spacial score (nSPS) is 12.0. The highest BCUT2D eigenvalue weighted by Gasteiger charge is 2.17. The molecule has 0 saturated heterocycles. The zero-order valence-electron chi connectivity index (χ0n) is 17.0. The Balaban J connectivity index is 1.77. The molecular formula is C21H18FN5O5. The van der Waals surface area contributed by atoms with E-state index in [9.17, 15) is 14.0 Å². The highest BCUT2D eigenvalue weighted by atomic mass is 19.1. The van der Waals surface area contributed by atoms with Crippen LogP contribution in [0, 0.1) is 5.82 Å². The molecule has 0 unspecified atom stereocenters. The summed E-state index contributed by atoms with van der Waals surface area (Å²) < 4.78 is 25.2. The number of carboxylic acids is 1. The van der Waals surface area contributed by atoms with Gasteiger partial charge in [0.05, 0.1) is 12.2 Å². The van der Waals surface area contributed by atoms with E-state index in [4.69, 9.17) is 14.6 Å². The fourth-order valence-corrected chi connectivity index (χ4v) is 3.11. The van der Waals surface area contributed by atoms with Crippen LogP contribution >= 0.6 is 0 Å². The molecule has 0 aliphatic heterocycles. The number of aromatic nitrogens is 5. The third-order valence-electron chi connectivity index (χ3n) is 4.60. The quantitative estimate of drug-likeness (QED) is 0.399. The highest BCUT2D eigenvalue weighted by molar-refractivity contribution is 5.77. The monoisotopic (exact) mass is 439 g/mol. The smallest absolute Gasteiger partial charge is 0.344 e. The van der Waals surface area contributed by atoms with Crippen LogP contribution in [0.1, 0.15) is 13.8 Å². The minimum Gasteiger partial charge on any atom is -0.493 e. The Hall–Kier alpha value is -4.28. The molecule has 0 aliphatic rings. The fourth-order valence-electron chi connectivity index (χ4n) is 3.11. The van der Waals surface area contributed by atoms with Crippen LogP contribution in [0.2, 0.25) is 0 Å². The van der Waals surface area contributed by atoms with Crippen molar-refractivity contribution in [2.45, 2.75) is 20.0 Å². The first-order chi connectivity index (χ1) is 15.4. The van der Waals surface area contributed by atoms with E-state index in [1.807, 2.05) is 0 Å². The van der Waals surface area contributed by atoms with Crippen molar-refractivity contribution < 1.29 is 23.8 Å². The van der Waals surface area contributed by atoms with E-state index < -0.39 is 23.4 Å². The van der Waals surface area contributed by atoms with E-state index in [2.05, 4.69) is 25.4 Å². The van der Waals surface area contributed by atoms with Crippen LogP contribution in [0.5, 0.6) is 11.5 Å². The first-order valence-corrected chi connectivity index (χ1v) is 9.64. The number of benzene rings is 2. The lowest BCUT2D eigenvalue weighted by molar-refractivity contribution is -0.144. The Bertz CT molecular complexity index is 1370. The molecule has 10 nitrogen and oxygen atoms in total. The molecule has 2 heterocycles. The zero-order chi connectivity index (χ0) is 22.8. The third kappa shape index (κ3) is 4.13. The van der Waals surface area contributed by atoms with E-state index in [1.54, 1.807) is 25.1 Å². The Morgan fingerprint density at radius 3 is 2.78 bits per heavy atom. The van der Waals surface area contributed by atoms with Crippen molar-refractivity contribution in [1.82, 2.24) is 25.4 Å². The predicted octanol–water partition coefficient (Wildman–Crippen LogP) is 2.76. The second kappa shape index (κ2) is 8.46. The number of hydrogen-bond donors (Lipinski definition) is 3. The third-order valence-corrected chi connectivity index (χ3v) is 4.60. The molecule has 3 N–H and O–H groups in total. The molecular weight excluding hydrogens is 421 g/mol. The molecule has 0 fully saturated rings. The summed E-state index contributed by atoms with van der Waals surface area (Å²) in [5, 5.41) is 18.9. The SMILES string of the molecule is CCOc1cc(-c2cc(F)cc(O[C@H](C)C(=O)O)c2)ccc1-c1nc2[nH]nnc2c(=O)[nH]1. The molecule has 32 heavy (non-hydrogen) atoms. The van der Waals surface area contributed by atoms with Gasteiger partial charge in [0, 0.05) is 6.07 Å². The van der Waals surface area contributed by atoms with Crippen molar-refractivity contribution >= 4 is 17.1 Å². The number of carboxylic acid groups (broad SMARTS) is 1. The van der Waals surface area contributed by atoms with Crippen molar-refractivity contribution in [2.75, 3.05) is 6.61 Å². The average Bonchev–Trinajstić information content (AvgIpc) is 3.23. The van der Waals surface area contributed by atoms with E-state index in [-0.39, 0.29) is 22.7 Å². The second-order valence-corrected chi connectivity index (χ2v) is 6.84. The minimum absolute atomic E-state index is 0.0835. The number of aliphatic carboxylic acids is 1. The largest absolute Gasteiger partial charge is 0.493 e. The molecule has 0 aliphatic carbocycles. The van der Waals surface area contributed by atoms with E-state index in [0.29, 0.717) is 29.0 Å². The van der Waals surface area contributed by atoms with Crippen molar-refractivity contribution in [1.29, 1.82) is 0 Å². The van der Waals surface area contributed by atoms with Gasteiger partial charge >= 0.3 is 5.97 Å². The Morgan fingerprint density at radius 2 is 2.03 bits per heavy atom. The Morgan fingerprint density at radius 1 is 1.22 bits per heavy atom. The number of nitrogens with one attached hydrogen (secondary N) is 2. The lowest BCUT2D eigenvalue weighted by Gasteiger charge is -2.14. The summed E-state index contributed by atoms with van der Waals surface area (Å²) in [7, 11) is 0. The lowest BCUT2D eigenvalue weighted by Crippen LogP contribution is -2.22. The fraction of sp³-hybridized carbons (Fsp3) is 0.190. The second-order valence-electron chi connectivity index (χ2n) is 6.84. The van der Waals surface area contributed by atoms with Crippen LogP contribution in [0.25, 0.3) is 33.7 Å². The topological polar surface area (TPSA) is 143 Å². The molecule has 4 rings (SSSR count). The Kier molecular flexibility index (Phi) is 5.54. The number of nitrogens with zero attached hydrogens (tertiary/aromatic N) is 3. The van der Waals surface area contributed by atoms with Crippen LogP contribution in [0.4, 0.5) is 4.39 Å². The van der Waals surface area contributed by atoms with Crippen molar-refractivity contribution in [3.05, 3.63) is 52.6 Å². The molecule has 0 radical (unpaired) electrons. The van der Waals surface area contributed by atoms with Gasteiger partial charge in [-0.1, -0.05) is 11.3 Å². The van der Waals surface area contributed by atoms with Gasteiger partial charge in [0.25, 0.3) is 5.56 Å². The summed E-state index contributed by atoms with van der Waals surface area (Å²) >= 11 is 0. The summed E-state index contributed by atoms with van der Waals surface area (Å²) in [5.74, 6) is -1.00. The first kappa shape index (κ1) is 21.0. The molecule has 1 atom stereocenters. The highest BCUT2D eigenvalue weighted by Crippen LogP contribution is 2.34. The molecule has 0 spiro atoms. The van der Waals surface area contributed by atoms with Crippen molar-refractivity contribution in [2.24, 2.45) is 0 Å². The Labute approximate surface area is 180 Å². The summed E-state index contributed by atoms with van der Waals surface area (Å²) in [6.45, 7) is 3.49. The lowest BCUT2D eigenvalue weighted by atomic mass is 10.0. The van der Waals surface area contributed by atoms with Crippen LogP contribution in [-0.4, -0.2) is 49.2 Å². The van der Waals surface area contributed by atoms with Gasteiger partial charge in [-0.25, -0.2) is 19.3 Å². The van der Waals surface area contributed by atoms with Crippen molar-refractivity contribution in [3.8, 4) is 34.0 Å². The average molecular weight is 439 g/mol. The maximum atomic E-state index is 14.2. The van der Waals surface area contributed by atoms with Gasteiger partial charge in [0.2, 0.25) is 0 Å². The number of H-pyrrole nitrogens is 2. The zero-order valence-corrected chi connectivity index (χ0v) is 17.0. The van der Waals surface area contributed by atoms with Crippen LogP contribution in [-0.2, 0) is 4.79 Å². The van der Waals surface area contributed by atoms with E-state index >= 15 is 0 Å². The standard InChI is InChI=1S/C21H18FN5O5/c1-3-31-16-8-11(12-6-13(22)9-14(7-12)32-10(2)21(29)30)4-5-15(16)18-23-19-17(20(28)24-18)25-27-26-19/h4-10H,3H2,1-2H3,(H,29,30)(H2,23,24,25,26,27,28)/t10-/m1/s1. The molecule has 164 valence electrons. The maximum absolute atomic E-state index is 14.2. The van der Waals surface area contributed by atoms with Crippen LogP contribution in [0.3, 0.4) is 0 Å². The number of rotatable bonds is 7. The first-order valence-electron chi connectivity index (χ1n) is 9.64.